The SMILES string of the molecule is CC[N+](CC)(CC)CC.O=S(=O)([O-])C(F)C(F)(F)C(F)(F)C(F)(F)C(F)F. The molecule has 1 atom stereocenters. The molecule has 0 aliphatic heterocycles. The topological polar surface area (TPSA) is 57.2 Å². The maximum atomic E-state index is 12.4. The molecule has 1 unspecified atom stereocenters. The first kappa shape index (κ1) is 28.4. The third-order valence-corrected chi connectivity index (χ3v) is 5.14. The molecular formula is C13H22F9NO3S. The second kappa shape index (κ2) is 9.63. The molecule has 27 heavy (non-hydrogen) atoms. The van der Waals surface area contributed by atoms with Crippen molar-refractivity contribution in [2.45, 2.75) is 57.4 Å². The summed E-state index contributed by atoms with van der Waals surface area (Å²) in [6.45, 7) is 14.2. The van der Waals surface area contributed by atoms with E-state index in [1.807, 2.05) is 0 Å². The van der Waals surface area contributed by atoms with E-state index in [4.69, 9.17) is 0 Å². The van der Waals surface area contributed by atoms with Crippen LogP contribution in [-0.2, 0) is 10.1 Å². The standard InChI is InChI=1S/C8H20N.C5H3F9O3S/c1-5-9(6-2,7-3)8-4;6-1(7)3(9,10)5(13,14)4(11,12)2(8)18(15,16)17/h5-8H2,1-4H3;1-2H,(H,15,16,17)/q+1;/p-1. The number of halogens is 9. The van der Waals surface area contributed by atoms with Crippen LogP contribution in [-0.4, -0.2) is 73.3 Å². The van der Waals surface area contributed by atoms with Gasteiger partial charge in [-0.1, -0.05) is 0 Å². The minimum absolute atomic E-state index is 1.28. The molecule has 0 aromatic heterocycles. The van der Waals surface area contributed by atoms with E-state index in [-0.39, 0.29) is 0 Å². The number of rotatable bonds is 9. The molecule has 0 N–H and O–H groups in total. The van der Waals surface area contributed by atoms with Gasteiger partial charge in [-0.05, 0) is 27.7 Å². The lowest BCUT2D eigenvalue weighted by molar-refractivity contribution is -0.921. The van der Waals surface area contributed by atoms with Crippen molar-refractivity contribution in [3.05, 3.63) is 0 Å². The summed E-state index contributed by atoms with van der Waals surface area (Å²) in [6, 6.07) is 0. The summed E-state index contributed by atoms with van der Waals surface area (Å²) in [6.07, 6.45) is -5.33. The van der Waals surface area contributed by atoms with Crippen molar-refractivity contribution in [3.8, 4) is 0 Å². The third kappa shape index (κ3) is 6.11. The van der Waals surface area contributed by atoms with Crippen molar-refractivity contribution >= 4 is 10.1 Å². The summed E-state index contributed by atoms with van der Waals surface area (Å²) in [5.74, 6) is -20.6. The summed E-state index contributed by atoms with van der Waals surface area (Å²) in [5, 5.41) is 0. The van der Waals surface area contributed by atoms with Crippen LogP contribution in [0.5, 0.6) is 0 Å². The van der Waals surface area contributed by atoms with E-state index in [0.29, 0.717) is 0 Å². The molecule has 4 nitrogen and oxygen atoms in total. The van der Waals surface area contributed by atoms with Crippen molar-refractivity contribution in [1.29, 1.82) is 0 Å². The smallest absolute Gasteiger partial charge is 0.381 e. The number of hydrogen-bond acceptors (Lipinski definition) is 3. The van der Waals surface area contributed by atoms with Gasteiger partial charge in [-0.2, -0.15) is 26.3 Å². The van der Waals surface area contributed by atoms with Crippen LogP contribution in [0.2, 0.25) is 0 Å². The Hall–Kier alpha value is -0.760. The average molecular weight is 443 g/mol. The highest BCUT2D eigenvalue weighted by Gasteiger charge is 2.78. The van der Waals surface area contributed by atoms with Crippen molar-refractivity contribution in [2.75, 3.05) is 26.2 Å². The minimum atomic E-state index is -7.08. The first-order valence-electron chi connectivity index (χ1n) is 7.69. The van der Waals surface area contributed by atoms with E-state index in [1.165, 1.54) is 30.7 Å². The Bertz CT molecular complexity index is 534. The molecule has 0 heterocycles. The Balaban J connectivity index is 0. The predicted molar refractivity (Wildman–Crippen MR) is 77.9 cm³/mol. The Kier molecular flexibility index (Phi) is 10.1. The number of hydrogen-bond donors (Lipinski definition) is 0. The highest BCUT2D eigenvalue weighted by Crippen LogP contribution is 2.51. The summed E-state index contributed by atoms with van der Waals surface area (Å²) in [5.41, 5.74) is -5.30. The second-order valence-corrected chi connectivity index (χ2v) is 6.94. The fourth-order valence-corrected chi connectivity index (χ4v) is 2.54. The lowest BCUT2D eigenvalue weighted by atomic mass is 10.1. The van der Waals surface area contributed by atoms with Gasteiger partial charge in [0.25, 0.3) is 5.50 Å². The van der Waals surface area contributed by atoms with Gasteiger partial charge >= 0.3 is 24.2 Å². The van der Waals surface area contributed by atoms with Gasteiger partial charge in [-0.25, -0.2) is 21.6 Å². The highest BCUT2D eigenvalue weighted by molar-refractivity contribution is 7.86. The quantitative estimate of drug-likeness (QED) is 0.309. The monoisotopic (exact) mass is 443 g/mol. The van der Waals surface area contributed by atoms with Crippen molar-refractivity contribution in [3.63, 3.8) is 0 Å². The van der Waals surface area contributed by atoms with Crippen molar-refractivity contribution in [2.24, 2.45) is 0 Å². The van der Waals surface area contributed by atoms with Crippen LogP contribution >= 0.6 is 0 Å². The van der Waals surface area contributed by atoms with Crippen LogP contribution in [0.4, 0.5) is 39.5 Å². The largest absolute Gasteiger partial charge is 0.746 e. The van der Waals surface area contributed by atoms with Gasteiger partial charge in [0.1, 0.15) is 10.1 Å². The summed E-state index contributed by atoms with van der Waals surface area (Å²) < 4.78 is 140. The molecule has 0 fully saturated rings. The Labute approximate surface area is 151 Å². The normalized spacial score (nSPS) is 15.4. The molecule has 0 rings (SSSR count). The van der Waals surface area contributed by atoms with E-state index in [1.54, 1.807) is 0 Å². The summed E-state index contributed by atoms with van der Waals surface area (Å²) in [4.78, 5) is 0. The van der Waals surface area contributed by atoms with Crippen LogP contribution in [0.3, 0.4) is 0 Å². The molecule has 0 aliphatic rings. The second-order valence-electron chi connectivity index (χ2n) is 5.54. The molecule has 0 bridgehead atoms. The molecule has 14 heteroatoms. The fourth-order valence-electron chi connectivity index (χ4n) is 2.02. The zero-order chi connectivity index (χ0) is 22.5. The third-order valence-electron chi connectivity index (χ3n) is 4.33. The maximum Gasteiger partial charge on any atom is 0.381 e. The summed E-state index contributed by atoms with van der Waals surface area (Å²) >= 11 is 0. The summed E-state index contributed by atoms with van der Waals surface area (Å²) in [7, 11) is -6.75. The first-order chi connectivity index (χ1) is 11.8. The molecular weight excluding hydrogens is 421 g/mol. The van der Waals surface area contributed by atoms with Gasteiger partial charge in [0.15, 0.2) is 0 Å². The molecule has 0 saturated carbocycles. The molecule has 0 saturated heterocycles. The molecule has 0 amide bonds. The van der Waals surface area contributed by atoms with E-state index in [9.17, 15) is 52.5 Å². The Morgan fingerprint density at radius 3 is 1.22 bits per heavy atom. The number of alkyl halides is 9. The van der Waals surface area contributed by atoms with Gasteiger partial charge in [0.05, 0.1) is 26.2 Å². The van der Waals surface area contributed by atoms with Crippen LogP contribution in [0.15, 0.2) is 0 Å². The molecule has 0 spiro atoms. The van der Waals surface area contributed by atoms with Crippen molar-refractivity contribution < 1.29 is 57.0 Å². The Morgan fingerprint density at radius 2 is 1.07 bits per heavy atom. The lowest BCUT2D eigenvalue weighted by Gasteiger charge is -2.34. The lowest BCUT2D eigenvalue weighted by Crippen LogP contribution is -2.62. The van der Waals surface area contributed by atoms with Gasteiger partial charge in [0, 0.05) is 0 Å². The zero-order valence-corrected chi connectivity index (χ0v) is 15.8. The zero-order valence-electron chi connectivity index (χ0n) is 15.0. The fraction of sp³-hybridized carbons (Fsp3) is 1.00. The van der Waals surface area contributed by atoms with E-state index in [0.717, 1.165) is 0 Å². The van der Waals surface area contributed by atoms with Gasteiger partial charge in [-0.3, -0.25) is 0 Å². The maximum absolute atomic E-state index is 12.4. The van der Waals surface area contributed by atoms with Gasteiger partial charge in [0.2, 0.25) is 0 Å². The molecule has 0 radical (unpaired) electrons. The van der Waals surface area contributed by atoms with Gasteiger partial charge in [-0.15, -0.1) is 0 Å². The van der Waals surface area contributed by atoms with Crippen LogP contribution in [0, 0.1) is 0 Å². The van der Waals surface area contributed by atoms with Crippen LogP contribution < -0.4 is 0 Å². The van der Waals surface area contributed by atoms with Gasteiger partial charge < -0.3 is 9.04 Å². The molecule has 166 valence electrons. The molecule has 0 aromatic carbocycles. The minimum Gasteiger partial charge on any atom is -0.746 e. The van der Waals surface area contributed by atoms with Crippen molar-refractivity contribution in [1.82, 2.24) is 0 Å². The van der Waals surface area contributed by atoms with E-state index < -0.39 is 39.8 Å². The highest BCUT2D eigenvalue weighted by atomic mass is 32.2. The van der Waals surface area contributed by atoms with Crippen LogP contribution in [0.25, 0.3) is 0 Å². The molecule has 0 aliphatic carbocycles. The predicted octanol–water partition coefficient (Wildman–Crippen LogP) is 3.88. The molecule has 0 aromatic rings. The van der Waals surface area contributed by atoms with E-state index >= 15 is 0 Å². The first-order valence-corrected chi connectivity index (χ1v) is 9.17. The van der Waals surface area contributed by atoms with Crippen LogP contribution in [0.1, 0.15) is 27.7 Å². The average Bonchev–Trinajstić information content (AvgIpc) is 2.56. The Morgan fingerprint density at radius 1 is 0.778 bits per heavy atom. The number of nitrogens with zero attached hydrogens (tertiary/aromatic N) is 1. The van der Waals surface area contributed by atoms with E-state index in [2.05, 4.69) is 27.7 Å². The number of quaternary nitrogens is 1.